The van der Waals surface area contributed by atoms with E-state index >= 15 is 0 Å². The number of thioether (sulfide) groups is 1. The van der Waals surface area contributed by atoms with Gasteiger partial charge in [0.05, 0.1) is 24.6 Å². The molecule has 0 spiro atoms. The highest BCUT2D eigenvalue weighted by atomic mass is 79.9. The zero-order chi connectivity index (χ0) is 10.8. The first-order chi connectivity index (χ1) is 7.16. The Balaban J connectivity index is 2.10. The molecule has 0 amide bonds. The molecule has 1 aromatic rings. The summed E-state index contributed by atoms with van der Waals surface area (Å²) >= 11 is 5.30. The Morgan fingerprint density at radius 1 is 1.53 bits per heavy atom. The highest BCUT2D eigenvalue weighted by molar-refractivity contribution is 9.10. The third kappa shape index (κ3) is 2.75. The summed E-state index contributed by atoms with van der Waals surface area (Å²) in [6.45, 7) is 3.47. The SMILES string of the molecule is C[C@@H](O)c1ccc(SC2COC2)cc1Br. The first-order valence-corrected chi connectivity index (χ1v) is 6.56. The van der Waals surface area contributed by atoms with E-state index in [1.807, 2.05) is 17.8 Å². The topological polar surface area (TPSA) is 29.5 Å². The molecule has 82 valence electrons. The van der Waals surface area contributed by atoms with Crippen LogP contribution in [-0.2, 0) is 4.74 Å². The summed E-state index contributed by atoms with van der Waals surface area (Å²) in [7, 11) is 0. The van der Waals surface area contributed by atoms with Crippen molar-refractivity contribution >= 4 is 27.7 Å². The van der Waals surface area contributed by atoms with Crippen molar-refractivity contribution in [3.8, 4) is 0 Å². The molecule has 1 aliphatic rings. The van der Waals surface area contributed by atoms with Gasteiger partial charge >= 0.3 is 0 Å². The second-order valence-corrected chi connectivity index (χ2v) is 5.86. The van der Waals surface area contributed by atoms with Crippen molar-refractivity contribution < 1.29 is 9.84 Å². The summed E-state index contributed by atoms with van der Waals surface area (Å²) in [5.74, 6) is 0. The fourth-order valence-corrected chi connectivity index (χ4v) is 3.30. The van der Waals surface area contributed by atoms with Gasteiger partial charge in [-0.1, -0.05) is 22.0 Å². The quantitative estimate of drug-likeness (QED) is 0.927. The summed E-state index contributed by atoms with van der Waals surface area (Å²) in [6, 6.07) is 6.08. The third-order valence-corrected chi connectivity index (χ3v) is 4.15. The minimum Gasteiger partial charge on any atom is -0.389 e. The number of hydrogen-bond acceptors (Lipinski definition) is 3. The van der Waals surface area contributed by atoms with Gasteiger partial charge in [-0.05, 0) is 24.6 Å². The molecule has 2 nitrogen and oxygen atoms in total. The molecule has 1 aromatic carbocycles. The van der Waals surface area contributed by atoms with Gasteiger partial charge in [0.25, 0.3) is 0 Å². The van der Waals surface area contributed by atoms with Crippen LogP contribution in [0.4, 0.5) is 0 Å². The summed E-state index contributed by atoms with van der Waals surface area (Å²) < 4.78 is 6.10. The van der Waals surface area contributed by atoms with E-state index in [2.05, 4.69) is 28.1 Å². The molecular formula is C11H13BrO2S. The maximum atomic E-state index is 9.48. The number of aliphatic hydroxyl groups excluding tert-OH is 1. The molecular weight excluding hydrogens is 276 g/mol. The molecule has 2 rings (SSSR count). The van der Waals surface area contributed by atoms with Gasteiger partial charge in [-0.25, -0.2) is 0 Å². The van der Waals surface area contributed by atoms with E-state index in [9.17, 15) is 5.11 Å². The van der Waals surface area contributed by atoms with Gasteiger partial charge < -0.3 is 9.84 Å². The van der Waals surface area contributed by atoms with Crippen LogP contribution in [0.3, 0.4) is 0 Å². The number of rotatable bonds is 3. The molecule has 0 aliphatic carbocycles. The van der Waals surface area contributed by atoms with E-state index in [1.165, 1.54) is 4.90 Å². The average Bonchev–Trinajstić information content (AvgIpc) is 2.11. The van der Waals surface area contributed by atoms with Crippen molar-refractivity contribution in [1.82, 2.24) is 0 Å². The Morgan fingerprint density at radius 2 is 2.27 bits per heavy atom. The van der Waals surface area contributed by atoms with Crippen LogP contribution in [-0.4, -0.2) is 23.6 Å². The van der Waals surface area contributed by atoms with Crippen LogP contribution in [0.15, 0.2) is 27.6 Å². The van der Waals surface area contributed by atoms with Crippen LogP contribution >= 0.6 is 27.7 Å². The zero-order valence-corrected chi connectivity index (χ0v) is 10.8. The van der Waals surface area contributed by atoms with Gasteiger partial charge in [-0.15, -0.1) is 11.8 Å². The van der Waals surface area contributed by atoms with Gasteiger partial charge in [-0.2, -0.15) is 0 Å². The summed E-state index contributed by atoms with van der Waals surface area (Å²) in [5, 5.41) is 10.1. The van der Waals surface area contributed by atoms with Crippen molar-refractivity contribution in [2.24, 2.45) is 0 Å². The number of hydrogen-bond donors (Lipinski definition) is 1. The number of benzene rings is 1. The molecule has 1 N–H and O–H groups in total. The van der Waals surface area contributed by atoms with Crippen molar-refractivity contribution in [1.29, 1.82) is 0 Å². The lowest BCUT2D eigenvalue weighted by Gasteiger charge is -2.25. The number of aliphatic hydroxyl groups is 1. The summed E-state index contributed by atoms with van der Waals surface area (Å²) in [6.07, 6.45) is -0.425. The van der Waals surface area contributed by atoms with E-state index < -0.39 is 6.10 Å². The van der Waals surface area contributed by atoms with E-state index in [0.717, 1.165) is 23.2 Å². The fourth-order valence-electron chi connectivity index (χ4n) is 1.39. The summed E-state index contributed by atoms with van der Waals surface area (Å²) in [4.78, 5) is 1.22. The zero-order valence-electron chi connectivity index (χ0n) is 8.44. The molecule has 1 fully saturated rings. The molecule has 4 heteroatoms. The van der Waals surface area contributed by atoms with Crippen molar-refractivity contribution in [2.45, 2.75) is 23.2 Å². The standard InChI is InChI=1S/C11H13BrO2S/c1-7(13)10-3-2-8(4-11(10)12)15-9-5-14-6-9/h2-4,7,9,13H,5-6H2,1H3/t7-/m1/s1. The van der Waals surface area contributed by atoms with Crippen LogP contribution < -0.4 is 0 Å². The number of ether oxygens (including phenoxy) is 1. The highest BCUT2D eigenvalue weighted by Crippen LogP contribution is 2.32. The lowest BCUT2D eigenvalue weighted by Crippen LogP contribution is -2.29. The van der Waals surface area contributed by atoms with Crippen molar-refractivity contribution in [3.05, 3.63) is 28.2 Å². The Labute approximate surface area is 102 Å². The Kier molecular flexibility index (Phi) is 3.72. The van der Waals surface area contributed by atoms with Crippen LogP contribution in [0.25, 0.3) is 0 Å². The smallest absolute Gasteiger partial charge is 0.0772 e. The van der Waals surface area contributed by atoms with Gasteiger partial charge in [0.2, 0.25) is 0 Å². The third-order valence-electron chi connectivity index (χ3n) is 2.33. The van der Waals surface area contributed by atoms with Gasteiger partial charge in [0.15, 0.2) is 0 Å². The van der Waals surface area contributed by atoms with Crippen LogP contribution in [0.2, 0.25) is 0 Å². The van der Waals surface area contributed by atoms with Crippen molar-refractivity contribution in [3.63, 3.8) is 0 Å². The first-order valence-electron chi connectivity index (χ1n) is 4.88. The molecule has 0 radical (unpaired) electrons. The molecule has 0 unspecified atom stereocenters. The van der Waals surface area contributed by atoms with Gasteiger partial charge in [0, 0.05) is 9.37 Å². The second-order valence-electron chi connectivity index (χ2n) is 3.64. The van der Waals surface area contributed by atoms with Crippen molar-refractivity contribution in [2.75, 3.05) is 13.2 Å². The lowest BCUT2D eigenvalue weighted by molar-refractivity contribution is 0.0455. The molecule has 1 atom stereocenters. The monoisotopic (exact) mass is 288 g/mol. The van der Waals surface area contributed by atoms with Crippen LogP contribution in [0, 0.1) is 0 Å². The van der Waals surface area contributed by atoms with E-state index in [-0.39, 0.29) is 0 Å². The highest BCUT2D eigenvalue weighted by Gasteiger charge is 2.19. The molecule has 0 aromatic heterocycles. The summed E-state index contributed by atoms with van der Waals surface area (Å²) in [5.41, 5.74) is 0.934. The van der Waals surface area contributed by atoms with Gasteiger partial charge in [0.1, 0.15) is 0 Å². The van der Waals surface area contributed by atoms with Crippen LogP contribution in [0.1, 0.15) is 18.6 Å². The Hall–Kier alpha value is -0.0300. The van der Waals surface area contributed by atoms with Crippen LogP contribution in [0.5, 0.6) is 0 Å². The minimum absolute atomic E-state index is 0.425. The predicted molar refractivity (Wildman–Crippen MR) is 65.2 cm³/mol. The fraction of sp³-hybridized carbons (Fsp3) is 0.455. The maximum Gasteiger partial charge on any atom is 0.0772 e. The largest absolute Gasteiger partial charge is 0.389 e. The normalized spacial score (nSPS) is 18.6. The molecule has 0 saturated carbocycles. The van der Waals surface area contributed by atoms with E-state index in [4.69, 9.17) is 4.74 Å². The van der Waals surface area contributed by atoms with E-state index in [1.54, 1.807) is 6.92 Å². The molecule has 1 heterocycles. The Bertz CT molecular complexity index is 350. The lowest BCUT2D eigenvalue weighted by atomic mass is 10.1. The average molecular weight is 289 g/mol. The van der Waals surface area contributed by atoms with E-state index in [0.29, 0.717) is 5.25 Å². The maximum absolute atomic E-state index is 9.48. The molecule has 1 saturated heterocycles. The minimum atomic E-state index is -0.425. The Morgan fingerprint density at radius 3 is 2.73 bits per heavy atom. The predicted octanol–water partition coefficient (Wildman–Crippen LogP) is 2.99. The number of halogens is 1. The second kappa shape index (κ2) is 4.87. The molecule has 15 heavy (non-hydrogen) atoms. The first kappa shape index (κ1) is 11.5. The molecule has 0 bridgehead atoms. The molecule has 1 aliphatic heterocycles. The van der Waals surface area contributed by atoms with Gasteiger partial charge in [-0.3, -0.25) is 0 Å².